The van der Waals surface area contributed by atoms with E-state index in [1.54, 1.807) is 12.1 Å². The zero-order chi connectivity index (χ0) is 11.1. The topological polar surface area (TPSA) is 12.0 Å². The van der Waals surface area contributed by atoms with E-state index in [4.69, 9.17) is 0 Å². The lowest BCUT2D eigenvalue weighted by atomic mass is 10.1. The fourth-order valence-corrected chi connectivity index (χ4v) is 2.27. The minimum Gasteiger partial charge on any atom is -0.314 e. The standard InChI is InChI=1S/C13H15F2N/c14-12-3-1-2-10(13(12)15)11-6-8(11)7-16-9-4-5-9/h1-3,8-9,11,16H,4-7H2. The van der Waals surface area contributed by atoms with Crippen LogP contribution in [0.4, 0.5) is 8.78 Å². The Morgan fingerprint density at radius 1 is 1.25 bits per heavy atom. The van der Waals surface area contributed by atoms with Gasteiger partial charge in [0.25, 0.3) is 0 Å². The second-order valence-electron chi connectivity index (χ2n) is 4.93. The Labute approximate surface area is 93.9 Å². The molecule has 1 nitrogen and oxygen atoms in total. The van der Waals surface area contributed by atoms with E-state index in [9.17, 15) is 8.78 Å². The molecule has 2 saturated carbocycles. The van der Waals surface area contributed by atoms with Gasteiger partial charge in [-0.2, -0.15) is 0 Å². The molecule has 2 unspecified atom stereocenters. The zero-order valence-electron chi connectivity index (χ0n) is 9.05. The summed E-state index contributed by atoms with van der Waals surface area (Å²) in [5.74, 6) is -0.654. The van der Waals surface area contributed by atoms with Gasteiger partial charge in [-0.05, 0) is 49.3 Å². The first-order chi connectivity index (χ1) is 7.75. The summed E-state index contributed by atoms with van der Waals surface area (Å²) in [6, 6.07) is 5.18. The van der Waals surface area contributed by atoms with Crippen LogP contribution in [0.25, 0.3) is 0 Å². The Morgan fingerprint density at radius 3 is 2.81 bits per heavy atom. The van der Waals surface area contributed by atoms with Crippen molar-refractivity contribution in [1.82, 2.24) is 5.32 Å². The first-order valence-electron chi connectivity index (χ1n) is 5.93. The second kappa shape index (κ2) is 3.81. The molecule has 0 aliphatic heterocycles. The molecular weight excluding hydrogens is 208 g/mol. The van der Waals surface area contributed by atoms with Crippen LogP contribution in [0, 0.1) is 17.6 Å². The summed E-state index contributed by atoms with van der Waals surface area (Å²) in [5.41, 5.74) is 0.558. The number of rotatable bonds is 4. The van der Waals surface area contributed by atoms with Crippen LogP contribution in [0.2, 0.25) is 0 Å². The van der Waals surface area contributed by atoms with Gasteiger partial charge in [-0.25, -0.2) is 8.78 Å². The van der Waals surface area contributed by atoms with Gasteiger partial charge < -0.3 is 5.32 Å². The molecule has 0 spiro atoms. The van der Waals surface area contributed by atoms with Gasteiger partial charge in [0.1, 0.15) is 0 Å². The van der Waals surface area contributed by atoms with Gasteiger partial charge in [-0.3, -0.25) is 0 Å². The second-order valence-corrected chi connectivity index (χ2v) is 4.93. The van der Waals surface area contributed by atoms with Gasteiger partial charge in [0.05, 0.1) is 0 Å². The van der Waals surface area contributed by atoms with Crippen molar-refractivity contribution in [1.29, 1.82) is 0 Å². The van der Waals surface area contributed by atoms with Gasteiger partial charge >= 0.3 is 0 Å². The van der Waals surface area contributed by atoms with Gasteiger partial charge in [0, 0.05) is 6.04 Å². The lowest BCUT2D eigenvalue weighted by Crippen LogP contribution is -2.19. The lowest BCUT2D eigenvalue weighted by Gasteiger charge is -2.04. The van der Waals surface area contributed by atoms with Gasteiger partial charge in [0.2, 0.25) is 0 Å². The van der Waals surface area contributed by atoms with Gasteiger partial charge in [-0.15, -0.1) is 0 Å². The van der Waals surface area contributed by atoms with E-state index in [0.29, 0.717) is 17.5 Å². The summed E-state index contributed by atoms with van der Waals surface area (Å²) in [7, 11) is 0. The Morgan fingerprint density at radius 2 is 2.06 bits per heavy atom. The van der Waals surface area contributed by atoms with Crippen molar-refractivity contribution in [3.8, 4) is 0 Å². The van der Waals surface area contributed by atoms with Crippen molar-refractivity contribution >= 4 is 0 Å². The molecular formula is C13H15F2N. The van der Waals surface area contributed by atoms with Crippen LogP contribution in [0.5, 0.6) is 0 Å². The van der Waals surface area contributed by atoms with E-state index in [2.05, 4.69) is 5.32 Å². The highest BCUT2D eigenvalue weighted by Gasteiger charge is 2.40. The number of nitrogens with one attached hydrogen (secondary N) is 1. The fraction of sp³-hybridized carbons (Fsp3) is 0.538. The highest BCUT2D eigenvalue weighted by atomic mass is 19.2. The molecule has 1 N–H and O–H groups in total. The molecule has 0 aromatic heterocycles. The Balaban J connectivity index is 1.63. The minimum atomic E-state index is -0.724. The summed E-state index contributed by atoms with van der Waals surface area (Å²) in [5, 5.41) is 3.44. The molecule has 0 saturated heterocycles. The molecule has 2 aliphatic carbocycles. The van der Waals surface area contributed by atoms with E-state index in [1.807, 2.05) is 0 Å². The van der Waals surface area contributed by atoms with Crippen LogP contribution >= 0.6 is 0 Å². The molecule has 2 fully saturated rings. The largest absolute Gasteiger partial charge is 0.314 e. The lowest BCUT2D eigenvalue weighted by molar-refractivity contribution is 0.496. The number of benzene rings is 1. The Bertz CT molecular complexity index is 401. The molecule has 0 radical (unpaired) electrons. The first-order valence-corrected chi connectivity index (χ1v) is 5.93. The van der Waals surface area contributed by atoms with Crippen molar-refractivity contribution in [3.05, 3.63) is 35.4 Å². The van der Waals surface area contributed by atoms with Crippen molar-refractivity contribution in [2.45, 2.75) is 31.2 Å². The van der Waals surface area contributed by atoms with Crippen LogP contribution in [-0.2, 0) is 0 Å². The van der Waals surface area contributed by atoms with Gasteiger partial charge in [0.15, 0.2) is 11.6 Å². The number of hydrogen-bond acceptors (Lipinski definition) is 1. The van der Waals surface area contributed by atoms with Crippen LogP contribution in [-0.4, -0.2) is 12.6 Å². The summed E-state index contributed by atoms with van der Waals surface area (Å²) >= 11 is 0. The SMILES string of the molecule is Fc1cccc(C2CC2CNC2CC2)c1F. The van der Waals surface area contributed by atoms with E-state index < -0.39 is 11.6 Å². The predicted molar refractivity (Wildman–Crippen MR) is 58.2 cm³/mol. The maximum absolute atomic E-state index is 13.5. The first kappa shape index (κ1) is 10.2. The Kier molecular flexibility index (Phi) is 2.43. The fourth-order valence-electron chi connectivity index (χ4n) is 2.27. The number of hydrogen-bond donors (Lipinski definition) is 1. The van der Waals surface area contributed by atoms with E-state index in [1.165, 1.54) is 18.9 Å². The molecule has 1 aromatic rings. The molecule has 86 valence electrons. The maximum atomic E-state index is 13.5. The zero-order valence-corrected chi connectivity index (χ0v) is 9.05. The van der Waals surface area contributed by atoms with E-state index >= 15 is 0 Å². The Hall–Kier alpha value is -0.960. The van der Waals surface area contributed by atoms with Crippen LogP contribution < -0.4 is 5.32 Å². The molecule has 0 heterocycles. The third-order valence-corrected chi connectivity index (χ3v) is 3.55. The summed E-state index contributed by atoms with van der Waals surface area (Å²) in [6.45, 7) is 0.950. The van der Waals surface area contributed by atoms with Crippen molar-refractivity contribution in [3.63, 3.8) is 0 Å². The molecule has 3 heteroatoms. The molecule has 1 aromatic carbocycles. The molecule has 2 aliphatic rings. The summed E-state index contributed by atoms with van der Waals surface area (Å²) < 4.78 is 26.5. The van der Waals surface area contributed by atoms with Crippen molar-refractivity contribution in [2.24, 2.45) is 5.92 Å². The van der Waals surface area contributed by atoms with Crippen LogP contribution in [0.15, 0.2) is 18.2 Å². The third-order valence-electron chi connectivity index (χ3n) is 3.55. The highest BCUT2D eigenvalue weighted by molar-refractivity contribution is 5.28. The quantitative estimate of drug-likeness (QED) is 0.827. The van der Waals surface area contributed by atoms with Crippen LogP contribution in [0.3, 0.4) is 0 Å². The molecule has 0 amide bonds. The molecule has 2 atom stereocenters. The number of halogens is 2. The summed E-state index contributed by atoms with van der Waals surface area (Å²) in [6.07, 6.45) is 3.53. The monoisotopic (exact) mass is 223 g/mol. The van der Waals surface area contributed by atoms with Gasteiger partial charge in [-0.1, -0.05) is 12.1 Å². The van der Waals surface area contributed by atoms with E-state index in [-0.39, 0.29) is 5.92 Å². The van der Waals surface area contributed by atoms with Crippen molar-refractivity contribution in [2.75, 3.05) is 6.54 Å². The maximum Gasteiger partial charge on any atom is 0.162 e. The third kappa shape index (κ3) is 1.96. The van der Waals surface area contributed by atoms with E-state index in [0.717, 1.165) is 13.0 Å². The predicted octanol–water partition coefficient (Wildman–Crippen LogP) is 2.82. The average molecular weight is 223 g/mol. The minimum absolute atomic E-state index is 0.224. The summed E-state index contributed by atoms with van der Waals surface area (Å²) in [4.78, 5) is 0. The normalized spacial score (nSPS) is 28.1. The smallest absolute Gasteiger partial charge is 0.162 e. The molecule has 16 heavy (non-hydrogen) atoms. The van der Waals surface area contributed by atoms with Crippen LogP contribution in [0.1, 0.15) is 30.7 Å². The average Bonchev–Trinajstić information content (AvgIpc) is 3.13. The van der Waals surface area contributed by atoms with Crippen molar-refractivity contribution < 1.29 is 8.78 Å². The highest BCUT2D eigenvalue weighted by Crippen LogP contribution is 2.48. The molecule has 3 rings (SSSR count). The molecule has 0 bridgehead atoms.